The molecule has 17 nitrogen and oxygen atoms in total. The number of pyridine rings is 1. The number of nitrogens with zero attached hydrogens (tertiary/aromatic N) is 7. The Morgan fingerprint density at radius 2 is 1.91 bits per heavy atom. The molecule has 3 aromatic heterocycles. The molecule has 6 heterocycles. The van der Waals surface area contributed by atoms with Gasteiger partial charge in [-0.2, -0.15) is 5.43 Å². The summed E-state index contributed by atoms with van der Waals surface area (Å²) in [5.74, 6) is -2.32. The molecular formula is C48H67N9O8S. The predicted molar refractivity (Wildman–Crippen MR) is 252 cm³/mol. The molecule has 1 aromatic carbocycles. The summed E-state index contributed by atoms with van der Waals surface area (Å²) in [7, 11) is 7.17. The highest BCUT2D eigenvalue weighted by Crippen LogP contribution is 2.42. The van der Waals surface area contributed by atoms with Crippen molar-refractivity contribution < 1.29 is 38.5 Å². The summed E-state index contributed by atoms with van der Waals surface area (Å²) in [6.45, 7) is 14.4. The fraction of sp³-hybridized carbons (Fsp3) is 0.583. The number of thiazole rings is 1. The topological polar surface area (TPSA) is 184 Å². The number of urea groups is 1. The lowest BCUT2D eigenvalue weighted by molar-refractivity contribution is -0.189. The first-order valence-electron chi connectivity index (χ1n) is 23.0. The molecule has 7 rings (SSSR count). The third-order valence-corrected chi connectivity index (χ3v) is 13.7. The second-order valence-electron chi connectivity index (χ2n) is 19.3. The molecule has 0 spiro atoms. The van der Waals surface area contributed by atoms with E-state index in [1.54, 1.807) is 25.3 Å². The number of likely N-dealkylation sites (N-methyl/N-ethyl adjacent to an activating group) is 2. The van der Waals surface area contributed by atoms with Crippen molar-refractivity contribution in [2.24, 2.45) is 11.3 Å². The molecule has 4 amide bonds. The minimum atomic E-state index is -2.22. The predicted octanol–water partition coefficient (Wildman–Crippen LogP) is 4.86. The molecule has 0 saturated carbocycles. The van der Waals surface area contributed by atoms with E-state index in [0.717, 1.165) is 39.0 Å². The first kappa shape index (κ1) is 48.9. The lowest BCUT2D eigenvalue weighted by atomic mass is 9.84. The van der Waals surface area contributed by atoms with Crippen LogP contribution in [0.3, 0.4) is 0 Å². The van der Waals surface area contributed by atoms with Crippen LogP contribution in [0.2, 0.25) is 0 Å². The first-order valence-corrected chi connectivity index (χ1v) is 23.9. The molecule has 0 radical (unpaired) electrons. The number of aliphatic hydroxyl groups is 1. The lowest BCUT2D eigenvalue weighted by Crippen LogP contribution is -2.67. The van der Waals surface area contributed by atoms with Crippen LogP contribution >= 0.6 is 11.3 Å². The fourth-order valence-corrected chi connectivity index (χ4v) is 10.4. The number of methoxy groups -OCH3 is 1. The average molecular weight is 930 g/mol. The molecule has 66 heavy (non-hydrogen) atoms. The molecule has 2 fully saturated rings. The minimum Gasteiger partial charge on any atom is -0.462 e. The summed E-state index contributed by atoms with van der Waals surface area (Å²) in [4.78, 5) is 72.2. The van der Waals surface area contributed by atoms with E-state index >= 15 is 0 Å². The van der Waals surface area contributed by atoms with E-state index in [2.05, 4.69) is 40.4 Å². The molecule has 0 unspecified atom stereocenters. The molecule has 3 N–H and O–H groups in total. The van der Waals surface area contributed by atoms with Crippen LogP contribution < -0.4 is 10.7 Å². The van der Waals surface area contributed by atoms with Gasteiger partial charge in [0.2, 0.25) is 11.6 Å². The summed E-state index contributed by atoms with van der Waals surface area (Å²) in [5.41, 5.74) is 6.33. The number of carbonyl (C=O) groups is 4. The van der Waals surface area contributed by atoms with Crippen molar-refractivity contribution in [3.05, 3.63) is 58.2 Å². The van der Waals surface area contributed by atoms with Crippen LogP contribution in [-0.2, 0) is 48.0 Å². The fourth-order valence-electron chi connectivity index (χ4n) is 9.54. The Labute approximate surface area is 391 Å². The average Bonchev–Trinajstić information content (AvgIpc) is 3.88. The second kappa shape index (κ2) is 20.1. The summed E-state index contributed by atoms with van der Waals surface area (Å²) in [5, 5.41) is 19.6. The number of ether oxygens (including phenoxy) is 3. The summed E-state index contributed by atoms with van der Waals surface area (Å²) in [6, 6.07) is 7.86. The van der Waals surface area contributed by atoms with Gasteiger partial charge in [-0.05, 0) is 76.5 Å². The Hall–Kier alpha value is -4.98. The normalized spacial score (nSPS) is 22.6. The van der Waals surface area contributed by atoms with Crippen LogP contribution in [0.25, 0.3) is 33.4 Å². The van der Waals surface area contributed by atoms with Gasteiger partial charge in [-0.25, -0.2) is 14.6 Å². The third kappa shape index (κ3) is 10.3. The number of carbonyl (C=O) groups excluding carboxylic acids is 4. The Balaban J connectivity index is 1.28. The maximum Gasteiger partial charge on any atom is 0.355 e. The maximum atomic E-state index is 14.7. The number of nitrogens with one attached hydrogen (secondary N) is 2. The summed E-state index contributed by atoms with van der Waals surface area (Å²) in [6.07, 6.45) is 2.11. The van der Waals surface area contributed by atoms with E-state index in [1.807, 2.05) is 71.1 Å². The number of benzene rings is 1. The molecule has 4 aromatic rings. The molecule has 358 valence electrons. The van der Waals surface area contributed by atoms with Crippen molar-refractivity contribution in [3.8, 4) is 22.5 Å². The van der Waals surface area contributed by atoms with E-state index in [0.29, 0.717) is 49.9 Å². The van der Waals surface area contributed by atoms with Crippen molar-refractivity contribution in [2.75, 3.05) is 67.6 Å². The molecule has 3 aliphatic rings. The zero-order valence-corrected chi connectivity index (χ0v) is 40.9. The molecular weight excluding hydrogens is 863 g/mol. The van der Waals surface area contributed by atoms with E-state index in [-0.39, 0.29) is 56.6 Å². The van der Waals surface area contributed by atoms with Crippen LogP contribution in [0.5, 0.6) is 0 Å². The van der Waals surface area contributed by atoms with Crippen molar-refractivity contribution >= 4 is 46.1 Å². The molecule has 3 aliphatic heterocycles. The minimum absolute atomic E-state index is 0.000555. The van der Waals surface area contributed by atoms with Crippen LogP contribution in [0.15, 0.2) is 41.9 Å². The van der Waals surface area contributed by atoms with Gasteiger partial charge in [0.25, 0.3) is 5.91 Å². The number of hydrogen-bond donors (Lipinski definition) is 3. The van der Waals surface area contributed by atoms with E-state index < -0.39 is 41.0 Å². The number of hydrazine groups is 1. The van der Waals surface area contributed by atoms with Crippen molar-refractivity contribution in [3.63, 3.8) is 0 Å². The SMILES string of the molecule is CCn1c(-c2cccnc2[C@H](C)OC)c2c3cc(ccc31)-c1csc(n1)C[C@H](NC(=O)[C@H](C(C)C)N(C)C(=O)N1CCO[C@H](CN(C)C)C1)C(=O)N1CCC[C@@](O)(N1)C(=O)OCC(C)(C)C2. The van der Waals surface area contributed by atoms with Gasteiger partial charge in [-0.1, -0.05) is 33.8 Å². The van der Waals surface area contributed by atoms with Gasteiger partial charge in [-0.15, -0.1) is 11.3 Å². The van der Waals surface area contributed by atoms with Gasteiger partial charge < -0.3 is 43.9 Å². The summed E-state index contributed by atoms with van der Waals surface area (Å²) < 4.78 is 20.0. The van der Waals surface area contributed by atoms with Crippen LogP contribution in [0, 0.1) is 11.3 Å². The number of aromatic nitrogens is 3. The zero-order chi connectivity index (χ0) is 47.7. The number of amides is 4. The van der Waals surface area contributed by atoms with Gasteiger partial charge in [0.05, 0.1) is 47.5 Å². The standard InChI is InChI=1S/C48H67N9O8S/c1-11-56-38-16-15-31-22-34(38)35(42(56)33-14-12-18-49-40(33)30(4)63-10)24-47(5,6)28-65-45(60)48(62)17-13-19-57(52-48)44(59)36(23-39-50-37(31)27-66-39)51-43(58)41(29(2)3)54(9)46(61)55-20-21-64-32(26-55)25-53(7)8/h12,14-16,18,22,27,29-30,32,36,41,52,62H,11,13,17,19-21,23-26,28H2,1-10H3,(H,51,58)/t30-,32+,36-,41-,48-/m0/s1. The van der Waals surface area contributed by atoms with E-state index in [1.165, 1.54) is 21.2 Å². The zero-order valence-electron chi connectivity index (χ0n) is 40.1. The van der Waals surface area contributed by atoms with E-state index in [4.69, 9.17) is 24.2 Å². The van der Waals surface area contributed by atoms with Gasteiger partial charge in [-0.3, -0.25) is 19.6 Å². The molecule has 6 bridgehead atoms. The van der Waals surface area contributed by atoms with E-state index in [9.17, 15) is 24.3 Å². The Morgan fingerprint density at radius 1 is 1.14 bits per heavy atom. The second-order valence-corrected chi connectivity index (χ2v) is 20.2. The lowest BCUT2D eigenvalue weighted by Gasteiger charge is -2.41. The van der Waals surface area contributed by atoms with Gasteiger partial charge in [0.15, 0.2) is 0 Å². The van der Waals surface area contributed by atoms with Crippen molar-refractivity contribution in [2.45, 2.75) is 104 Å². The molecule has 2 saturated heterocycles. The number of esters is 1. The highest BCUT2D eigenvalue weighted by Gasteiger charge is 2.46. The number of cyclic esters (lactones) is 1. The van der Waals surface area contributed by atoms with Crippen LogP contribution in [0.1, 0.15) is 76.8 Å². The number of fused-ring (bicyclic) bond motifs is 6. The number of morpholine rings is 1. The van der Waals surface area contributed by atoms with Gasteiger partial charge >= 0.3 is 12.0 Å². The monoisotopic (exact) mass is 929 g/mol. The van der Waals surface area contributed by atoms with Crippen molar-refractivity contribution in [1.82, 2.24) is 45.0 Å². The summed E-state index contributed by atoms with van der Waals surface area (Å²) >= 11 is 1.37. The molecule has 5 atom stereocenters. The maximum absolute atomic E-state index is 14.7. The van der Waals surface area contributed by atoms with Crippen LogP contribution in [-0.4, -0.2) is 155 Å². The van der Waals surface area contributed by atoms with Crippen molar-refractivity contribution in [1.29, 1.82) is 0 Å². The Bertz CT molecular complexity index is 2420. The smallest absolute Gasteiger partial charge is 0.355 e. The Kier molecular flexibility index (Phi) is 14.9. The largest absolute Gasteiger partial charge is 0.462 e. The Morgan fingerprint density at radius 3 is 2.62 bits per heavy atom. The molecule has 0 aliphatic carbocycles. The third-order valence-electron chi connectivity index (χ3n) is 12.8. The number of hydrogen-bond acceptors (Lipinski definition) is 13. The number of aryl methyl sites for hydroxylation is 1. The molecule has 18 heteroatoms. The quantitative estimate of drug-likeness (QED) is 0.184. The highest BCUT2D eigenvalue weighted by atomic mass is 32.1. The van der Waals surface area contributed by atoms with Gasteiger partial charge in [0, 0.05) is 98.7 Å². The highest BCUT2D eigenvalue weighted by molar-refractivity contribution is 7.10. The van der Waals surface area contributed by atoms with Crippen LogP contribution in [0.4, 0.5) is 4.79 Å². The number of rotatable bonds is 10. The first-order chi connectivity index (χ1) is 31.3. The van der Waals surface area contributed by atoms with Gasteiger partial charge in [0.1, 0.15) is 12.1 Å².